The SMILES string of the molecule is c1ncc(-c2ccc(CNc3nc(C4CCCC4)ns3)cc2)[nH]1. The summed E-state index contributed by atoms with van der Waals surface area (Å²) in [4.78, 5) is 11.8. The fourth-order valence-electron chi connectivity index (χ4n) is 3.05. The third kappa shape index (κ3) is 3.27. The molecule has 1 fully saturated rings. The van der Waals surface area contributed by atoms with Gasteiger partial charge in [0.25, 0.3) is 0 Å². The second kappa shape index (κ2) is 6.50. The molecule has 1 aliphatic rings. The lowest BCUT2D eigenvalue weighted by Gasteiger charge is -2.04. The van der Waals surface area contributed by atoms with E-state index in [0.717, 1.165) is 28.8 Å². The average molecular weight is 325 g/mol. The number of imidazole rings is 1. The lowest BCUT2D eigenvalue weighted by Crippen LogP contribution is -2.00. The van der Waals surface area contributed by atoms with Crippen LogP contribution in [0.15, 0.2) is 36.8 Å². The second-order valence-electron chi connectivity index (χ2n) is 5.95. The summed E-state index contributed by atoms with van der Waals surface area (Å²) in [5.74, 6) is 1.61. The molecular formula is C17H19N5S. The predicted molar refractivity (Wildman–Crippen MR) is 92.5 cm³/mol. The van der Waals surface area contributed by atoms with E-state index in [-0.39, 0.29) is 0 Å². The van der Waals surface area contributed by atoms with Gasteiger partial charge < -0.3 is 10.3 Å². The molecule has 2 aromatic heterocycles. The van der Waals surface area contributed by atoms with E-state index in [2.05, 4.69) is 48.9 Å². The summed E-state index contributed by atoms with van der Waals surface area (Å²) >= 11 is 1.47. The zero-order valence-corrected chi connectivity index (χ0v) is 13.6. The van der Waals surface area contributed by atoms with Crippen LogP contribution in [0.2, 0.25) is 0 Å². The van der Waals surface area contributed by atoms with E-state index >= 15 is 0 Å². The minimum absolute atomic E-state index is 0.579. The Morgan fingerprint density at radius 2 is 2.00 bits per heavy atom. The third-order valence-electron chi connectivity index (χ3n) is 4.37. The van der Waals surface area contributed by atoms with Crippen molar-refractivity contribution in [2.24, 2.45) is 0 Å². The number of anilines is 1. The van der Waals surface area contributed by atoms with Crippen molar-refractivity contribution >= 4 is 16.7 Å². The molecule has 2 N–H and O–H groups in total. The van der Waals surface area contributed by atoms with Crippen molar-refractivity contribution in [1.82, 2.24) is 19.3 Å². The zero-order valence-electron chi connectivity index (χ0n) is 12.8. The Labute approximate surface area is 139 Å². The smallest absolute Gasteiger partial charge is 0.202 e. The summed E-state index contributed by atoms with van der Waals surface area (Å²) in [6, 6.07) is 8.47. The molecule has 2 heterocycles. The average Bonchev–Trinajstić information content (AvgIpc) is 3.35. The highest BCUT2D eigenvalue weighted by atomic mass is 32.1. The Kier molecular flexibility index (Phi) is 4.06. The number of aromatic amines is 1. The molecule has 23 heavy (non-hydrogen) atoms. The molecule has 118 valence electrons. The molecule has 0 unspecified atom stereocenters. The predicted octanol–water partition coefficient (Wildman–Crippen LogP) is 4.20. The number of benzene rings is 1. The summed E-state index contributed by atoms with van der Waals surface area (Å²) in [5, 5.41) is 4.30. The van der Waals surface area contributed by atoms with Gasteiger partial charge in [0.1, 0.15) is 5.82 Å². The van der Waals surface area contributed by atoms with Crippen molar-refractivity contribution in [3.8, 4) is 11.3 Å². The maximum absolute atomic E-state index is 4.65. The quantitative estimate of drug-likeness (QED) is 0.738. The lowest BCUT2D eigenvalue weighted by molar-refractivity contribution is 0.681. The van der Waals surface area contributed by atoms with E-state index in [4.69, 9.17) is 0 Å². The van der Waals surface area contributed by atoms with Crippen molar-refractivity contribution in [2.45, 2.75) is 38.1 Å². The van der Waals surface area contributed by atoms with Crippen LogP contribution in [0.1, 0.15) is 43.0 Å². The summed E-state index contributed by atoms with van der Waals surface area (Å²) in [7, 11) is 0. The standard InChI is InChI=1S/C17H19N5S/c1-2-4-14(3-1)16-21-17(23-22-16)19-9-12-5-7-13(8-6-12)15-10-18-11-20-15/h5-8,10-11,14H,1-4,9H2,(H,18,20)(H,19,21,22). The first-order valence-electron chi connectivity index (χ1n) is 8.03. The molecule has 4 rings (SSSR count). The fourth-order valence-corrected chi connectivity index (χ4v) is 3.69. The van der Waals surface area contributed by atoms with E-state index in [1.807, 2.05) is 6.20 Å². The van der Waals surface area contributed by atoms with Crippen LogP contribution in [-0.2, 0) is 6.54 Å². The number of nitrogens with zero attached hydrogens (tertiary/aromatic N) is 3. The number of aromatic nitrogens is 4. The van der Waals surface area contributed by atoms with Crippen molar-refractivity contribution in [2.75, 3.05) is 5.32 Å². The highest BCUT2D eigenvalue weighted by molar-refractivity contribution is 7.09. The number of nitrogens with one attached hydrogen (secondary N) is 2. The van der Waals surface area contributed by atoms with Gasteiger partial charge in [0.05, 0.1) is 18.2 Å². The highest BCUT2D eigenvalue weighted by Crippen LogP contribution is 2.33. The van der Waals surface area contributed by atoms with Gasteiger partial charge in [-0.15, -0.1) is 0 Å². The normalized spacial score (nSPS) is 15.1. The van der Waals surface area contributed by atoms with Crippen LogP contribution in [0, 0.1) is 0 Å². The van der Waals surface area contributed by atoms with Gasteiger partial charge in [-0.05, 0) is 24.0 Å². The third-order valence-corrected chi connectivity index (χ3v) is 5.06. The van der Waals surface area contributed by atoms with E-state index in [0.29, 0.717) is 5.92 Å². The molecule has 0 saturated heterocycles. The summed E-state index contributed by atoms with van der Waals surface area (Å²) in [6.45, 7) is 0.766. The zero-order chi connectivity index (χ0) is 15.5. The number of hydrogen-bond acceptors (Lipinski definition) is 5. The van der Waals surface area contributed by atoms with Crippen LogP contribution < -0.4 is 5.32 Å². The van der Waals surface area contributed by atoms with Crippen molar-refractivity contribution < 1.29 is 0 Å². The maximum Gasteiger partial charge on any atom is 0.202 e. The molecule has 0 aliphatic heterocycles. The van der Waals surface area contributed by atoms with Gasteiger partial charge in [-0.2, -0.15) is 4.37 Å². The summed E-state index contributed by atoms with van der Waals surface area (Å²) < 4.78 is 4.52. The maximum atomic E-state index is 4.65. The van der Waals surface area contributed by atoms with Gasteiger partial charge in [0, 0.05) is 24.0 Å². The Hall–Kier alpha value is -2.21. The first-order valence-corrected chi connectivity index (χ1v) is 8.81. The number of H-pyrrole nitrogens is 1. The molecule has 0 radical (unpaired) electrons. The van der Waals surface area contributed by atoms with E-state index < -0.39 is 0 Å². The van der Waals surface area contributed by atoms with Gasteiger partial charge in [0.2, 0.25) is 5.13 Å². The van der Waals surface area contributed by atoms with Gasteiger partial charge >= 0.3 is 0 Å². The molecule has 0 spiro atoms. The Morgan fingerprint density at radius 1 is 1.17 bits per heavy atom. The monoisotopic (exact) mass is 325 g/mol. The first-order chi connectivity index (χ1) is 11.4. The van der Waals surface area contributed by atoms with Gasteiger partial charge in [-0.25, -0.2) is 9.97 Å². The number of rotatable bonds is 5. The molecule has 3 aromatic rings. The van der Waals surface area contributed by atoms with Crippen molar-refractivity contribution in [3.63, 3.8) is 0 Å². The van der Waals surface area contributed by atoms with Gasteiger partial charge in [-0.3, -0.25) is 0 Å². The first kappa shape index (κ1) is 14.4. The molecule has 5 nitrogen and oxygen atoms in total. The van der Waals surface area contributed by atoms with Gasteiger partial charge in [0.15, 0.2) is 0 Å². The van der Waals surface area contributed by atoms with Gasteiger partial charge in [-0.1, -0.05) is 37.1 Å². The topological polar surface area (TPSA) is 66.5 Å². The summed E-state index contributed by atoms with van der Waals surface area (Å²) in [5.41, 5.74) is 3.41. The molecule has 1 aliphatic carbocycles. The van der Waals surface area contributed by atoms with Crippen LogP contribution in [0.25, 0.3) is 11.3 Å². The molecular weight excluding hydrogens is 306 g/mol. The summed E-state index contributed by atoms with van der Waals surface area (Å²) in [6.07, 6.45) is 8.64. The largest absolute Gasteiger partial charge is 0.356 e. The van der Waals surface area contributed by atoms with E-state index in [9.17, 15) is 0 Å². The van der Waals surface area contributed by atoms with Crippen molar-refractivity contribution in [3.05, 3.63) is 48.2 Å². The Bertz CT molecular complexity index is 742. The molecule has 1 saturated carbocycles. The van der Waals surface area contributed by atoms with Crippen LogP contribution in [0.4, 0.5) is 5.13 Å². The van der Waals surface area contributed by atoms with Crippen molar-refractivity contribution in [1.29, 1.82) is 0 Å². The second-order valence-corrected chi connectivity index (χ2v) is 6.71. The Morgan fingerprint density at radius 3 is 2.74 bits per heavy atom. The van der Waals surface area contributed by atoms with Crippen LogP contribution >= 0.6 is 11.5 Å². The molecule has 1 aromatic carbocycles. The fraction of sp³-hybridized carbons (Fsp3) is 0.353. The minimum atomic E-state index is 0.579. The highest BCUT2D eigenvalue weighted by Gasteiger charge is 2.21. The minimum Gasteiger partial charge on any atom is -0.356 e. The number of hydrogen-bond donors (Lipinski definition) is 2. The van der Waals surface area contributed by atoms with E-state index in [1.54, 1.807) is 6.33 Å². The lowest BCUT2D eigenvalue weighted by atomic mass is 10.1. The molecule has 0 atom stereocenters. The van der Waals surface area contributed by atoms with Crippen LogP contribution in [0.3, 0.4) is 0 Å². The molecule has 6 heteroatoms. The molecule has 0 amide bonds. The van der Waals surface area contributed by atoms with E-state index in [1.165, 1.54) is 42.8 Å². The Balaban J connectivity index is 1.37. The molecule has 0 bridgehead atoms. The van der Waals surface area contributed by atoms with Crippen LogP contribution in [-0.4, -0.2) is 19.3 Å². The van der Waals surface area contributed by atoms with Crippen LogP contribution in [0.5, 0.6) is 0 Å².